The van der Waals surface area contributed by atoms with Gasteiger partial charge in [0.1, 0.15) is 17.3 Å². The molecule has 0 radical (unpaired) electrons. The number of carbonyl (C=O) groups excluding carboxylic acids is 1. The standard InChI is InChI=1S/C22H20ClFN2O4S/c23-19-7-4-8-20(24)18(19)13-26(16-9-10-31(28,29)14-16)22(27)12-17-11-21(25-30-17)15-5-2-1-3-6-15/h1-8,11,16H,9-10,12-14H2. The van der Waals surface area contributed by atoms with Crippen LogP contribution in [-0.2, 0) is 27.6 Å². The number of benzene rings is 2. The maximum Gasteiger partial charge on any atom is 0.230 e. The second-order valence-electron chi connectivity index (χ2n) is 7.50. The number of rotatable bonds is 6. The molecule has 1 aliphatic rings. The highest BCUT2D eigenvalue weighted by Gasteiger charge is 2.35. The van der Waals surface area contributed by atoms with Gasteiger partial charge < -0.3 is 9.42 Å². The van der Waals surface area contributed by atoms with Crippen molar-refractivity contribution in [1.29, 1.82) is 0 Å². The van der Waals surface area contributed by atoms with Crippen LogP contribution in [0, 0.1) is 5.82 Å². The molecule has 1 amide bonds. The first-order chi connectivity index (χ1) is 14.8. The van der Waals surface area contributed by atoms with Crippen molar-refractivity contribution in [3.05, 3.63) is 76.8 Å². The van der Waals surface area contributed by atoms with Gasteiger partial charge in [-0.25, -0.2) is 12.8 Å². The zero-order valence-corrected chi connectivity index (χ0v) is 18.1. The minimum absolute atomic E-state index is 0.00703. The minimum Gasteiger partial charge on any atom is -0.360 e. The first kappa shape index (κ1) is 21.5. The van der Waals surface area contributed by atoms with Crippen molar-refractivity contribution >= 4 is 27.3 Å². The van der Waals surface area contributed by atoms with Gasteiger partial charge in [-0.2, -0.15) is 0 Å². The summed E-state index contributed by atoms with van der Waals surface area (Å²) in [4.78, 5) is 14.5. The maximum absolute atomic E-state index is 14.4. The topological polar surface area (TPSA) is 80.5 Å². The third-order valence-electron chi connectivity index (χ3n) is 5.31. The first-order valence-electron chi connectivity index (χ1n) is 9.76. The fourth-order valence-electron chi connectivity index (χ4n) is 3.69. The summed E-state index contributed by atoms with van der Waals surface area (Å²) in [7, 11) is -3.25. The maximum atomic E-state index is 14.4. The van der Waals surface area contributed by atoms with Gasteiger partial charge in [-0.3, -0.25) is 4.79 Å². The number of halogens is 2. The molecule has 1 atom stereocenters. The van der Waals surface area contributed by atoms with Crippen LogP contribution in [0.2, 0.25) is 5.02 Å². The van der Waals surface area contributed by atoms with Crippen LogP contribution in [0.5, 0.6) is 0 Å². The number of nitrogens with zero attached hydrogens (tertiary/aromatic N) is 2. The van der Waals surface area contributed by atoms with Crippen molar-refractivity contribution in [2.24, 2.45) is 0 Å². The summed E-state index contributed by atoms with van der Waals surface area (Å²) in [5.41, 5.74) is 1.60. The lowest BCUT2D eigenvalue weighted by Crippen LogP contribution is -2.41. The Balaban J connectivity index is 1.58. The smallest absolute Gasteiger partial charge is 0.230 e. The number of sulfone groups is 1. The Morgan fingerprint density at radius 3 is 2.65 bits per heavy atom. The Morgan fingerprint density at radius 2 is 1.97 bits per heavy atom. The van der Waals surface area contributed by atoms with E-state index in [1.54, 1.807) is 6.07 Å². The van der Waals surface area contributed by atoms with Gasteiger partial charge in [0.15, 0.2) is 9.84 Å². The average molecular weight is 463 g/mol. The van der Waals surface area contributed by atoms with Gasteiger partial charge in [0.25, 0.3) is 0 Å². The first-order valence-corrected chi connectivity index (χ1v) is 12.0. The Bertz CT molecular complexity index is 1180. The number of hydrogen-bond acceptors (Lipinski definition) is 5. The van der Waals surface area contributed by atoms with Crippen molar-refractivity contribution in [1.82, 2.24) is 10.1 Å². The quantitative estimate of drug-likeness (QED) is 0.555. The fourth-order valence-corrected chi connectivity index (χ4v) is 5.64. The van der Waals surface area contributed by atoms with Gasteiger partial charge >= 0.3 is 0 Å². The van der Waals surface area contributed by atoms with Crippen molar-refractivity contribution in [2.45, 2.75) is 25.4 Å². The van der Waals surface area contributed by atoms with Gasteiger partial charge in [-0.1, -0.05) is 53.2 Å². The molecule has 0 N–H and O–H groups in total. The van der Waals surface area contributed by atoms with Gasteiger partial charge in [-0.05, 0) is 18.6 Å². The zero-order chi connectivity index (χ0) is 22.0. The van der Waals surface area contributed by atoms with Gasteiger partial charge in [0, 0.05) is 28.3 Å². The van der Waals surface area contributed by atoms with E-state index in [1.165, 1.54) is 23.1 Å². The zero-order valence-electron chi connectivity index (χ0n) is 16.5. The SMILES string of the molecule is O=C(Cc1cc(-c2ccccc2)no1)N(Cc1c(F)cccc1Cl)C1CCS(=O)(=O)C1. The molecule has 4 rings (SSSR count). The Morgan fingerprint density at radius 1 is 1.19 bits per heavy atom. The highest BCUT2D eigenvalue weighted by Crippen LogP contribution is 2.26. The molecule has 2 heterocycles. The van der Waals surface area contributed by atoms with E-state index in [-0.39, 0.29) is 41.0 Å². The third-order valence-corrected chi connectivity index (χ3v) is 7.42. The molecule has 9 heteroatoms. The predicted octanol–water partition coefficient (Wildman–Crippen LogP) is 3.89. The lowest BCUT2D eigenvalue weighted by molar-refractivity contribution is -0.133. The van der Waals surface area contributed by atoms with Crippen LogP contribution in [0.1, 0.15) is 17.7 Å². The van der Waals surface area contributed by atoms with E-state index < -0.39 is 21.7 Å². The van der Waals surface area contributed by atoms with Crippen molar-refractivity contribution in [3.63, 3.8) is 0 Å². The molecule has 0 aliphatic carbocycles. The fraction of sp³-hybridized carbons (Fsp3) is 0.273. The molecule has 0 bridgehead atoms. The molecule has 0 spiro atoms. The van der Waals surface area contributed by atoms with Crippen LogP contribution >= 0.6 is 11.6 Å². The average Bonchev–Trinajstić information content (AvgIpc) is 3.34. The van der Waals surface area contributed by atoms with E-state index in [2.05, 4.69) is 5.16 Å². The monoisotopic (exact) mass is 462 g/mol. The number of amides is 1. The second kappa shape index (κ2) is 8.80. The van der Waals surface area contributed by atoms with Crippen LogP contribution in [-0.4, -0.2) is 41.9 Å². The molecule has 0 saturated carbocycles. The third kappa shape index (κ3) is 4.97. The van der Waals surface area contributed by atoms with Crippen LogP contribution in [0.15, 0.2) is 59.1 Å². The molecule has 1 saturated heterocycles. The summed E-state index contributed by atoms with van der Waals surface area (Å²) in [6.45, 7) is -0.121. The van der Waals surface area contributed by atoms with Crippen LogP contribution < -0.4 is 0 Å². The largest absolute Gasteiger partial charge is 0.360 e. The van der Waals surface area contributed by atoms with Crippen LogP contribution in [0.25, 0.3) is 11.3 Å². The summed E-state index contributed by atoms with van der Waals surface area (Å²) in [6.07, 6.45) is 0.175. The minimum atomic E-state index is -3.25. The van der Waals surface area contributed by atoms with E-state index >= 15 is 0 Å². The van der Waals surface area contributed by atoms with Crippen molar-refractivity contribution in [3.8, 4) is 11.3 Å². The molecule has 1 aromatic heterocycles. The lowest BCUT2D eigenvalue weighted by Gasteiger charge is -2.28. The second-order valence-corrected chi connectivity index (χ2v) is 10.1. The molecule has 1 fully saturated rings. The van der Waals surface area contributed by atoms with E-state index in [4.69, 9.17) is 16.1 Å². The number of carbonyl (C=O) groups is 1. The predicted molar refractivity (Wildman–Crippen MR) is 115 cm³/mol. The van der Waals surface area contributed by atoms with Crippen LogP contribution in [0.4, 0.5) is 4.39 Å². The Hall–Kier alpha value is -2.71. The van der Waals surface area contributed by atoms with Gasteiger partial charge in [-0.15, -0.1) is 0 Å². The molecular formula is C22H20ClFN2O4S. The Kier molecular flexibility index (Phi) is 6.11. The van der Waals surface area contributed by atoms with Crippen molar-refractivity contribution in [2.75, 3.05) is 11.5 Å². The number of aromatic nitrogens is 1. The van der Waals surface area contributed by atoms with Gasteiger partial charge in [0.05, 0.1) is 24.5 Å². The van der Waals surface area contributed by atoms with E-state index in [0.717, 1.165) is 5.56 Å². The molecule has 31 heavy (non-hydrogen) atoms. The normalized spacial score (nSPS) is 17.5. The van der Waals surface area contributed by atoms with E-state index in [1.807, 2.05) is 30.3 Å². The summed E-state index contributed by atoms with van der Waals surface area (Å²) in [6, 6.07) is 14.8. The van der Waals surface area contributed by atoms with E-state index in [0.29, 0.717) is 17.9 Å². The number of hydrogen-bond donors (Lipinski definition) is 0. The summed E-state index contributed by atoms with van der Waals surface area (Å²) >= 11 is 6.15. The molecular weight excluding hydrogens is 443 g/mol. The summed E-state index contributed by atoms with van der Waals surface area (Å²) < 4.78 is 43.7. The Labute approximate surface area is 184 Å². The van der Waals surface area contributed by atoms with E-state index in [9.17, 15) is 17.6 Å². The molecule has 2 aromatic carbocycles. The molecule has 162 valence electrons. The highest BCUT2D eigenvalue weighted by molar-refractivity contribution is 7.91. The molecule has 1 aliphatic heterocycles. The van der Waals surface area contributed by atoms with Crippen molar-refractivity contribution < 1.29 is 22.1 Å². The highest BCUT2D eigenvalue weighted by atomic mass is 35.5. The molecule has 6 nitrogen and oxygen atoms in total. The lowest BCUT2D eigenvalue weighted by atomic mass is 10.1. The molecule has 3 aromatic rings. The summed E-state index contributed by atoms with van der Waals surface area (Å²) in [5.74, 6) is -0.743. The van der Waals surface area contributed by atoms with Crippen LogP contribution in [0.3, 0.4) is 0 Å². The molecule has 1 unspecified atom stereocenters. The van der Waals surface area contributed by atoms with Gasteiger partial charge in [0.2, 0.25) is 5.91 Å². The summed E-state index contributed by atoms with van der Waals surface area (Å²) in [5, 5.41) is 4.19.